The molecule has 0 spiro atoms. The third-order valence-electron chi connectivity index (χ3n) is 3.63. The Morgan fingerprint density at radius 1 is 1.26 bits per heavy atom. The van der Waals surface area contributed by atoms with E-state index in [1.165, 1.54) is 0 Å². The number of methoxy groups -OCH3 is 1. The van der Waals surface area contributed by atoms with E-state index in [0.717, 1.165) is 0 Å². The van der Waals surface area contributed by atoms with Crippen LogP contribution >= 0.6 is 39.1 Å². The summed E-state index contributed by atoms with van der Waals surface area (Å²) in [5.74, 6) is 0.688. The molecule has 0 saturated heterocycles. The molecule has 0 N–H and O–H groups in total. The van der Waals surface area contributed by atoms with E-state index in [1.807, 2.05) is 6.92 Å². The van der Waals surface area contributed by atoms with Crippen LogP contribution in [-0.2, 0) is 9.53 Å². The first kappa shape index (κ1) is 19.7. The fourth-order valence-corrected chi connectivity index (χ4v) is 3.52. The molecule has 8 heteroatoms. The fourth-order valence-electron chi connectivity index (χ4n) is 2.45. The molecule has 0 aliphatic carbocycles. The van der Waals surface area contributed by atoms with Crippen molar-refractivity contribution in [3.63, 3.8) is 0 Å². The molecule has 0 atom stereocenters. The van der Waals surface area contributed by atoms with Crippen molar-refractivity contribution in [3.05, 3.63) is 61.7 Å². The maximum Gasteiger partial charge on any atom is 0.363 e. The highest BCUT2D eigenvalue weighted by atomic mass is 79.9. The minimum atomic E-state index is -0.569. The number of ether oxygens (including phenoxy) is 3. The number of esters is 1. The Labute approximate surface area is 174 Å². The number of hydrogen-bond acceptors (Lipinski definition) is 5. The van der Waals surface area contributed by atoms with Gasteiger partial charge in [0.25, 0.3) is 0 Å². The first-order chi connectivity index (χ1) is 12.9. The molecule has 3 rings (SSSR count). The molecule has 0 fully saturated rings. The van der Waals surface area contributed by atoms with Crippen LogP contribution in [0.5, 0.6) is 11.5 Å². The maximum absolute atomic E-state index is 12.2. The molecular weight excluding hydrogens is 457 g/mol. The highest BCUT2D eigenvalue weighted by Crippen LogP contribution is 2.37. The lowest BCUT2D eigenvalue weighted by molar-refractivity contribution is -0.129. The monoisotopic (exact) mass is 469 g/mol. The summed E-state index contributed by atoms with van der Waals surface area (Å²) >= 11 is 15.5. The van der Waals surface area contributed by atoms with E-state index in [4.69, 9.17) is 37.4 Å². The number of benzene rings is 2. The van der Waals surface area contributed by atoms with Crippen LogP contribution in [0.15, 0.2) is 45.5 Å². The Kier molecular flexibility index (Phi) is 6.09. The molecule has 27 heavy (non-hydrogen) atoms. The molecule has 2 aromatic rings. The number of aliphatic imine (C=N–C) groups is 1. The molecule has 0 unspecified atom stereocenters. The molecule has 0 aromatic heterocycles. The van der Waals surface area contributed by atoms with Crippen molar-refractivity contribution in [3.8, 4) is 11.5 Å². The van der Waals surface area contributed by atoms with Crippen molar-refractivity contribution in [1.29, 1.82) is 0 Å². The van der Waals surface area contributed by atoms with Gasteiger partial charge in [-0.15, -0.1) is 0 Å². The van der Waals surface area contributed by atoms with E-state index in [0.29, 0.717) is 43.8 Å². The Hall–Kier alpha value is -2.02. The molecule has 1 aliphatic rings. The molecule has 140 valence electrons. The topological polar surface area (TPSA) is 57.1 Å². The van der Waals surface area contributed by atoms with Crippen LogP contribution < -0.4 is 9.47 Å². The SMILES string of the molecule is CCOc1c(Br)cc(/C=C2/N=C(c3ccc(Cl)cc3Cl)OC2=O)cc1OC. The number of carbonyl (C=O) groups excluding carboxylic acids is 1. The minimum Gasteiger partial charge on any atom is -0.493 e. The van der Waals surface area contributed by atoms with Crippen LogP contribution in [0.3, 0.4) is 0 Å². The summed E-state index contributed by atoms with van der Waals surface area (Å²) in [5, 5.41) is 0.830. The van der Waals surface area contributed by atoms with Gasteiger partial charge in [0, 0.05) is 5.02 Å². The predicted octanol–water partition coefficient (Wildman–Crippen LogP) is 5.51. The van der Waals surface area contributed by atoms with Gasteiger partial charge in [-0.1, -0.05) is 23.2 Å². The molecule has 1 aliphatic heterocycles. The van der Waals surface area contributed by atoms with E-state index >= 15 is 0 Å². The summed E-state index contributed by atoms with van der Waals surface area (Å²) in [7, 11) is 1.55. The smallest absolute Gasteiger partial charge is 0.363 e. The Morgan fingerprint density at radius 3 is 2.70 bits per heavy atom. The number of halogens is 3. The van der Waals surface area contributed by atoms with E-state index in [2.05, 4.69) is 20.9 Å². The number of hydrogen-bond donors (Lipinski definition) is 0. The first-order valence-electron chi connectivity index (χ1n) is 7.91. The zero-order valence-electron chi connectivity index (χ0n) is 14.4. The maximum atomic E-state index is 12.2. The average Bonchev–Trinajstić information content (AvgIpc) is 2.97. The lowest BCUT2D eigenvalue weighted by Crippen LogP contribution is -2.05. The summed E-state index contributed by atoms with van der Waals surface area (Å²) < 4.78 is 16.9. The quantitative estimate of drug-likeness (QED) is 0.427. The van der Waals surface area contributed by atoms with Gasteiger partial charge in [0.15, 0.2) is 17.2 Å². The van der Waals surface area contributed by atoms with Crippen LogP contribution in [0.1, 0.15) is 18.1 Å². The van der Waals surface area contributed by atoms with Gasteiger partial charge in [-0.05, 0) is 64.8 Å². The summed E-state index contributed by atoms with van der Waals surface area (Å²) in [5.41, 5.74) is 1.33. The van der Waals surface area contributed by atoms with Crippen LogP contribution in [0.4, 0.5) is 0 Å². The van der Waals surface area contributed by atoms with Crippen molar-refractivity contribution in [2.75, 3.05) is 13.7 Å². The first-order valence-corrected chi connectivity index (χ1v) is 9.46. The van der Waals surface area contributed by atoms with Crippen LogP contribution in [0.25, 0.3) is 6.08 Å². The number of rotatable bonds is 5. The fraction of sp³-hybridized carbons (Fsp3) is 0.158. The second-order valence-corrected chi connectivity index (χ2v) is 7.13. The molecule has 5 nitrogen and oxygen atoms in total. The van der Waals surface area contributed by atoms with Crippen LogP contribution in [-0.4, -0.2) is 25.6 Å². The van der Waals surface area contributed by atoms with Gasteiger partial charge in [-0.3, -0.25) is 0 Å². The molecule has 2 aromatic carbocycles. The van der Waals surface area contributed by atoms with Gasteiger partial charge < -0.3 is 14.2 Å². The summed E-state index contributed by atoms with van der Waals surface area (Å²) in [4.78, 5) is 16.5. The van der Waals surface area contributed by atoms with Gasteiger partial charge in [0.2, 0.25) is 5.90 Å². The molecule has 0 bridgehead atoms. The van der Waals surface area contributed by atoms with Crippen molar-refractivity contribution in [2.24, 2.45) is 4.99 Å². The second kappa shape index (κ2) is 8.33. The van der Waals surface area contributed by atoms with Crippen LogP contribution in [0.2, 0.25) is 10.0 Å². The number of carbonyl (C=O) groups is 1. The van der Waals surface area contributed by atoms with Crippen molar-refractivity contribution >= 4 is 57.1 Å². The number of cyclic esters (lactones) is 1. The van der Waals surface area contributed by atoms with Crippen molar-refractivity contribution in [2.45, 2.75) is 6.92 Å². The van der Waals surface area contributed by atoms with Gasteiger partial charge in [0.1, 0.15) is 0 Å². The largest absolute Gasteiger partial charge is 0.493 e. The minimum absolute atomic E-state index is 0.130. The Balaban J connectivity index is 1.98. The van der Waals surface area contributed by atoms with Gasteiger partial charge in [-0.2, -0.15) is 0 Å². The molecular formula is C19H14BrCl2NO4. The third-order valence-corrected chi connectivity index (χ3v) is 4.76. The Morgan fingerprint density at radius 2 is 2.04 bits per heavy atom. The van der Waals surface area contributed by atoms with Gasteiger partial charge in [0.05, 0.1) is 28.8 Å². The van der Waals surface area contributed by atoms with Crippen molar-refractivity contribution in [1.82, 2.24) is 0 Å². The van der Waals surface area contributed by atoms with Gasteiger partial charge >= 0.3 is 5.97 Å². The predicted molar refractivity (Wildman–Crippen MR) is 109 cm³/mol. The lowest BCUT2D eigenvalue weighted by atomic mass is 10.1. The molecule has 0 radical (unpaired) electrons. The van der Waals surface area contributed by atoms with E-state index in [-0.39, 0.29) is 11.6 Å². The highest BCUT2D eigenvalue weighted by molar-refractivity contribution is 9.10. The standard InChI is InChI=1S/C19H14BrCl2NO4/c1-3-26-17-13(20)6-10(8-16(17)25-2)7-15-19(24)27-18(23-15)12-5-4-11(21)9-14(12)22/h4-9H,3H2,1-2H3/b15-7+. The number of nitrogens with zero attached hydrogens (tertiary/aromatic N) is 1. The normalized spacial score (nSPS) is 14.9. The van der Waals surface area contributed by atoms with E-state index in [1.54, 1.807) is 43.5 Å². The second-order valence-electron chi connectivity index (χ2n) is 5.43. The zero-order chi connectivity index (χ0) is 19.6. The zero-order valence-corrected chi connectivity index (χ0v) is 17.5. The summed E-state index contributed by atoms with van der Waals surface area (Å²) in [6.07, 6.45) is 1.60. The van der Waals surface area contributed by atoms with Gasteiger partial charge in [-0.25, -0.2) is 9.79 Å². The molecule has 0 amide bonds. The van der Waals surface area contributed by atoms with E-state index in [9.17, 15) is 4.79 Å². The van der Waals surface area contributed by atoms with Crippen LogP contribution in [0, 0.1) is 0 Å². The lowest BCUT2D eigenvalue weighted by Gasteiger charge is -2.12. The van der Waals surface area contributed by atoms with E-state index < -0.39 is 5.97 Å². The Bertz CT molecular complexity index is 972. The highest BCUT2D eigenvalue weighted by Gasteiger charge is 2.26. The summed E-state index contributed by atoms with van der Waals surface area (Å²) in [6.45, 7) is 2.38. The van der Waals surface area contributed by atoms with Crippen molar-refractivity contribution < 1.29 is 19.0 Å². The summed E-state index contributed by atoms with van der Waals surface area (Å²) in [6, 6.07) is 8.41. The molecule has 0 saturated carbocycles. The molecule has 1 heterocycles. The third kappa shape index (κ3) is 4.29. The average molecular weight is 471 g/mol.